The van der Waals surface area contributed by atoms with E-state index in [1.807, 2.05) is 0 Å². The second kappa shape index (κ2) is 9.79. The number of halogens is 2. The number of alkyl halides is 2. The van der Waals surface area contributed by atoms with Crippen molar-refractivity contribution in [1.82, 2.24) is 10.2 Å². The van der Waals surface area contributed by atoms with Crippen molar-refractivity contribution >= 4 is 5.90 Å². The van der Waals surface area contributed by atoms with Crippen molar-refractivity contribution in [2.45, 2.75) is 70.3 Å². The van der Waals surface area contributed by atoms with Gasteiger partial charge in [-0.05, 0) is 70.0 Å². The van der Waals surface area contributed by atoms with Gasteiger partial charge in [-0.3, -0.25) is 0 Å². The number of nitrogens with one attached hydrogen (secondary N) is 1. The molecule has 0 unspecified atom stereocenters. The highest BCUT2D eigenvalue weighted by atomic mass is 19.3. The lowest BCUT2D eigenvalue weighted by Gasteiger charge is -2.30. The summed E-state index contributed by atoms with van der Waals surface area (Å²) < 4.78 is 29.8. The van der Waals surface area contributed by atoms with Crippen molar-refractivity contribution in [2.75, 3.05) is 33.3 Å². The molecule has 0 aromatic carbocycles. The van der Waals surface area contributed by atoms with Crippen LogP contribution in [-0.2, 0) is 4.74 Å². The predicted octanol–water partition coefficient (Wildman–Crippen LogP) is 3.98. The van der Waals surface area contributed by atoms with Crippen LogP contribution < -0.4 is 5.32 Å². The molecule has 1 N–H and O–H groups in total. The Morgan fingerprint density at radius 1 is 1.12 bits per heavy atom. The van der Waals surface area contributed by atoms with Crippen molar-refractivity contribution < 1.29 is 13.5 Å². The molecule has 2 aliphatic heterocycles. The zero-order chi connectivity index (χ0) is 18.4. The molecule has 26 heavy (non-hydrogen) atoms. The number of hydrogen-bond acceptors (Lipinski definition) is 4. The largest absolute Gasteiger partial charge is 0.475 e. The lowest BCUT2D eigenvalue weighted by molar-refractivity contribution is 0.0744. The van der Waals surface area contributed by atoms with Crippen LogP contribution in [0.3, 0.4) is 0 Å². The van der Waals surface area contributed by atoms with Gasteiger partial charge in [0.2, 0.25) is 0 Å². The van der Waals surface area contributed by atoms with E-state index in [0.717, 1.165) is 50.0 Å². The van der Waals surface area contributed by atoms with Crippen molar-refractivity contribution in [3.63, 3.8) is 0 Å². The summed E-state index contributed by atoms with van der Waals surface area (Å²) in [5.41, 5.74) is 2.50. The van der Waals surface area contributed by atoms with Gasteiger partial charge in [-0.25, -0.2) is 13.8 Å². The molecule has 0 atom stereocenters. The third-order valence-electron chi connectivity index (χ3n) is 6.19. The number of rotatable bonds is 6. The van der Waals surface area contributed by atoms with Gasteiger partial charge in [0.05, 0.1) is 0 Å². The van der Waals surface area contributed by atoms with Crippen LogP contribution in [0.2, 0.25) is 0 Å². The maximum atomic E-state index is 12.3. The first-order valence-corrected chi connectivity index (χ1v) is 10.2. The summed E-state index contributed by atoms with van der Waals surface area (Å²) >= 11 is 0. The maximum absolute atomic E-state index is 12.3. The Morgan fingerprint density at radius 2 is 1.88 bits per heavy atom. The SMILES string of the molecule is CNC1CCC(CCN2CCC3=C(CC2)N=C(OCC(F)F)CC3)CC1. The van der Waals surface area contributed by atoms with Crippen LogP contribution in [0.4, 0.5) is 8.78 Å². The summed E-state index contributed by atoms with van der Waals surface area (Å²) in [5, 5.41) is 3.41. The molecule has 0 bridgehead atoms. The Labute approximate surface area is 156 Å². The molecule has 2 heterocycles. The predicted molar refractivity (Wildman–Crippen MR) is 101 cm³/mol. The number of aliphatic imine (C=N–C) groups is 1. The molecule has 1 fully saturated rings. The van der Waals surface area contributed by atoms with Gasteiger partial charge in [0.15, 0.2) is 12.5 Å². The van der Waals surface area contributed by atoms with Crippen LogP contribution >= 0.6 is 0 Å². The van der Waals surface area contributed by atoms with E-state index >= 15 is 0 Å². The molecule has 0 radical (unpaired) electrons. The van der Waals surface area contributed by atoms with Gasteiger partial charge >= 0.3 is 0 Å². The summed E-state index contributed by atoms with van der Waals surface area (Å²) in [6.07, 6.45) is 7.76. The zero-order valence-electron chi connectivity index (χ0n) is 16.0. The average Bonchev–Trinajstić information content (AvgIpc) is 2.87. The normalized spacial score (nSPS) is 27.9. The molecule has 6 heteroatoms. The van der Waals surface area contributed by atoms with E-state index in [-0.39, 0.29) is 0 Å². The van der Waals surface area contributed by atoms with E-state index in [4.69, 9.17) is 4.74 Å². The van der Waals surface area contributed by atoms with Crippen LogP contribution in [0.1, 0.15) is 57.8 Å². The first-order valence-electron chi connectivity index (χ1n) is 10.2. The van der Waals surface area contributed by atoms with Crippen LogP contribution in [0.15, 0.2) is 16.3 Å². The second-order valence-corrected chi connectivity index (χ2v) is 7.89. The first-order chi connectivity index (χ1) is 12.6. The molecular formula is C20H33F2N3O. The minimum Gasteiger partial charge on any atom is -0.475 e. The van der Waals surface area contributed by atoms with Crippen LogP contribution in [0.25, 0.3) is 0 Å². The lowest BCUT2D eigenvalue weighted by atomic mass is 9.84. The van der Waals surface area contributed by atoms with E-state index in [1.165, 1.54) is 44.2 Å². The maximum Gasteiger partial charge on any atom is 0.272 e. The van der Waals surface area contributed by atoms with Crippen molar-refractivity contribution in [1.29, 1.82) is 0 Å². The molecule has 4 nitrogen and oxygen atoms in total. The van der Waals surface area contributed by atoms with E-state index in [1.54, 1.807) is 0 Å². The van der Waals surface area contributed by atoms with E-state index in [2.05, 4.69) is 22.3 Å². The fraction of sp³-hybridized carbons (Fsp3) is 0.850. The fourth-order valence-electron chi connectivity index (χ4n) is 4.45. The van der Waals surface area contributed by atoms with Gasteiger partial charge in [0, 0.05) is 37.7 Å². The summed E-state index contributed by atoms with van der Waals surface area (Å²) in [6, 6.07) is 0.722. The summed E-state index contributed by atoms with van der Waals surface area (Å²) in [7, 11) is 2.07. The quantitative estimate of drug-likeness (QED) is 0.769. The van der Waals surface area contributed by atoms with Gasteiger partial charge in [0.1, 0.15) is 0 Å². The third kappa shape index (κ3) is 5.74. The van der Waals surface area contributed by atoms with Crippen molar-refractivity contribution in [3.8, 4) is 0 Å². The monoisotopic (exact) mass is 369 g/mol. The topological polar surface area (TPSA) is 36.9 Å². The minimum atomic E-state index is -2.43. The Hall–Kier alpha value is -1.01. The smallest absolute Gasteiger partial charge is 0.272 e. The van der Waals surface area contributed by atoms with E-state index < -0.39 is 13.0 Å². The summed E-state index contributed by atoms with van der Waals surface area (Å²) in [5.74, 6) is 1.37. The van der Waals surface area contributed by atoms with Crippen LogP contribution in [0, 0.1) is 5.92 Å². The van der Waals surface area contributed by atoms with Crippen LogP contribution in [-0.4, -0.2) is 56.6 Å². The Kier molecular flexibility index (Phi) is 7.43. The molecular weight excluding hydrogens is 336 g/mol. The lowest BCUT2D eigenvalue weighted by Crippen LogP contribution is -2.32. The molecule has 148 valence electrons. The molecule has 0 saturated heterocycles. The zero-order valence-corrected chi connectivity index (χ0v) is 16.0. The molecule has 0 amide bonds. The third-order valence-corrected chi connectivity index (χ3v) is 6.19. The summed E-state index contributed by atoms with van der Waals surface area (Å²) in [6.45, 7) is 2.76. The molecule has 0 aromatic heterocycles. The van der Waals surface area contributed by atoms with Gasteiger partial charge < -0.3 is 15.0 Å². The molecule has 3 aliphatic rings. The minimum absolute atomic E-state index is 0.499. The van der Waals surface area contributed by atoms with Crippen molar-refractivity contribution in [2.24, 2.45) is 10.9 Å². The van der Waals surface area contributed by atoms with Gasteiger partial charge in [-0.1, -0.05) is 0 Å². The fourth-order valence-corrected chi connectivity index (χ4v) is 4.45. The van der Waals surface area contributed by atoms with Gasteiger partial charge in [-0.2, -0.15) is 0 Å². The van der Waals surface area contributed by atoms with Gasteiger partial charge in [-0.15, -0.1) is 0 Å². The average molecular weight is 370 g/mol. The van der Waals surface area contributed by atoms with E-state index in [0.29, 0.717) is 12.3 Å². The van der Waals surface area contributed by atoms with Crippen LogP contribution in [0.5, 0.6) is 0 Å². The Balaban J connectivity index is 1.42. The highest BCUT2D eigenvalue weighted by Gasteiger charge is 2.23. The molecule has 1 aliphatic carbocycles. The molecule has 0 spiro atoms. The Bertz CT molecular complexity index is 513. The first kappa shape index (κ1) is 19.7. The number of nitrogens with zero attached hydrogens (tertiary/aromatic N) is 2. The summed E-state index contributed by atoms with van der Waals surface area (Å²) in [4.78, 5) is 7.11. The van der Waals surface area contributed by atoms with Gasteiger partial charge in [0.25, 0.3) is 6.43 Å². The number of ether oxygens (including phenoxy) is 1. The van der Waals surface area contributed by atoms with Crippen molar-refractivity contribution in [3.05, 3.63) is 11.3 Å². The van der Waals surface area contributed by atoms with E-state index in [9.17, 15) is 8.78 Å². The molecule has 3 rings (SSSR count). The molecule has 1 saturated carbocycles. The molecule has 0 aromatic rings. The number of hydrogen-bond donors (Lipinski definition) is 1. The standard InChI is InChI=1S/C20H33F2N3O/c1-23-17-5-2-15(3-6-17)8-11-25-12-9-16-4-7-20(26-14-19(21)22)24-18(16)10-13-25/h15,17,19,23H,2-14H2,1H3. The second-order valence-electron chi connectivity index (χ2n) is 7.89. The highest BCUT2D eigenvalue weighted by Crippen LogP contribution is 2.30. The Morgan fingerprint density at radius 3 is 2.62 bits per heavy atom. The highest BCUT2D eigenvalue weighted by molar-refractivity contribution is 5.78.